The molecule has 0 heterocycles. The van der Waals surface area contributed by atoms with Crippen molar-refractivity contribution in [2.75, 3.05) is 20.3 Å². The van der Waals surface area contributed by atoms with Gasteiger partial charge in [0.1, 0.15) is 5.75 Å². The van der Waals surface area contributed by atoms with Gasteiger partial charge in [-0.25, -0.2) is 0 Å². The first-order valence-electron chi connectivity index (χ1n) is 4.92. The van der Waals surface area contributed by atoms with Gasteiger partial charge in [-0.2, -0.15) is 0 Å². The molecule has 0 saturated heterocycles. The van der Waals surface area contributed by atoms with Crippen LogP contribution >= 0.6 is 15.9 Å². The lowest BCUT2D eigenvalue weighted by atomic mass is 10.2. The van der Waals surface area contributed by atoms with E-state index in [0.717, 1.165) is 35.3 Å². The zero-order valence-electron chi connectivity index (χ0n) is 8.79. The molecule has 3 nitrogen and oxygen atoms in total. The van der Waals surface area contributed by atoms with Crippen LogP contribution in [0.1, 0.15) is 12.0 Å². The summed E-state index contributed by atoms with van der Waals surface area (Å²) >= 11 is 3.40. The Morgan fingerprint density at radius 3 is 2.93 bits per heavy atom. The van der Waals surface area contributed by atoms with Gasteiger partial charge in [0.15, 0.2) is 0 Å². The van der Waals surface area contributed by atoms with Crippen molar-refractivity contribution in [3.63, 3.8) is 0 Å². The smallest absolute Gasteiger partial charge is 0.124 e. The number of hydrogen-bond acceptors (Lipinski definition) is 3. The fraction of sp³-hybridized carbons (Fsp3) is 0.455. The molecule has 1 aromatic rings. The topological polar surface area (TPSA) is 41.5 Å². The molecule has 0 amide bonds. The molecule has 0 saturated carbocycles. The Bertz CT molecular complexity index is 305. The van der Waals surface area contributed by atoms with Gasteiger partial charge in [-0.05, 0) is 25.1 Å². The second-order valence-electron chi connectivity index (χ2n) is 3.21. The maximum atomic E-state index is 8.63. The Morgan fingerprint density at radius 1 is 1.47 bits per heavy atom. The highest BCUT2D eigenvalue weighted by Crippen LogP contribution is 2.23. The summed E-state index contributed by atoms with van der Waals surface area (Å²) in [6.45, 7) is 1.80. The zero-order valence-corrected chi connectivity index (χ0v) is 10.4. The Balaban J connectivity index is 2.52. The molecule has 1 rings (SSSR count). The molecule has 0 spiro atoms. The normalized spacial score (nSPS) is 10.3. The van der Waals surface area contributed by atoms with Crippen LogP contribution in [0.25, 0.3) is 0 Å². The predicted octanol–water partition coefficient (Wildman–Crippen LogP) is 1.93. The lowest BCUT2D eigenvalue weighted by molar-refractivity contribution is 0.286. The molecule has 0 aliphatic carbocycles. The van der Waals surface area contributed by atoms with Crippen LogP contribution in [-0.2, 0) is 6.54 Å². The summed E-state index contributed by atoms with van der Waals surface area (Å²) in [6, 6.07) is 5.96. The van der Waals surface area contributed by atoms with Crippen molar-refractivity contribution in [1.29, 1.82) is 0 Å². The monoisotopic (exact) mass is 273 g/mol. The molecule has 0 unspecified atom stereocenters. The third-order valence-electron chi connectivity index (χ3n) is 2.08. The highest BCUT2D eigenvalue weighted by Gasteiger charge is 2.02. The molecule has 0 fully saturated rings. The Morgan fingerprint density at radius 2 is 2.27 bits per heavy atom. The van der Waals surface area contributed by atoms with E-state index in [9.17, 15) is 0 Å². The highest BCUT2D eigenvalue weighted by molar-refractivity contribution is 9.10. The van der Waals surface area contributed by atoms with E-state index in [1.54, 1.807) is 7.11 Å². The quantitative estimate of drug-likeness (QED) is 0.779. The molecule has 0 atom stereocenters. The van der Waals surface area contributed by atoms with Crippen LogP contribution in [0.2, 0.25) is 0 Å². The van der Waals surface area contributed by atoms with Gasteiger partial charge in [-0.3, -0.25) is 0 Å². The first-order valence-corrected chi connectivity index (χ1v) is 5.71. The second kappa shape index (κ2) is 6.82. The molecular formula is C11H16BrNO2. The molecule has 4 heteroatoms. The summed E-state index contributed by atoms with van der Waals surface area (Å²) < 4.78 is 6.28. The third-order valence-corrected chi connectivity index (χ3v) is 2.57. The van der Waals surface area contributed by atoms with Crippen molar-refractivity contribution in [2.45, 2.75) is 13.0 Å². The maximum absolute atomic E-state index is 8.63. The van der Waals surface area contributed by atoms with E-state index in [-0.39, 0.29) is 6.61 Å². The second-order valence-corrected chi connectivity index (χ2v) is 4.13. The Kier molecular flexibility index (Phi) is 5.68. The van der Waals surface area contributed by atoms with Crippen molar-refractivity contribution in [3.05, 3.63) is 28.2 Å². The number of ether oxygens (including phenoxy) is 1. The minimum Gasteiger partial charge on any atom is -0.496 e. The van der Waals surface area contributed by atoms with Crippen LogP contribution in [0, 0.1) is 0 Å². The number of benzene rings is 1. The Labute approximate surface area is 98.6 Å². The van der Waals surface area contributed by atoms with Gasteiger partial charge in [0.05, 0.1) is 7.11 Å². The van der Waals surface area contributed by atoms with E-state index in [0.29, 0.717) is 0 Å². The lowest BCUT2D eigenvalue weighted by Gasteiger charge is -2.09. The zero-order chi connectivity index (χ0) is 11.1. The lowest BCUT2D eigenvalue weighted by Crippen LogP contribution is -2.16. The first-order chi connectivity index (χ1) is 7.27. The fourth-order valence-corrected chi connectivity index (χ4v) is 1.63. The van der Waals surface area contributed by atoms with Gasteiger partial charge in [-0.1, -0.05) is 22.0 Å². The number of nitrogens with one attached hydrogen (secondary N) is 1. The predicted molar refractivity (Wildman–Crippen MR) is 64.1 cm³/mol. The number of hydrogen-bond donors (Lipinski definition) is 2. The molecule has 0 bridgehead atoms. The largest absolute Gasteiger partial charge is 0.496 e. The molecule has 0 aliphatic rings. The van der Waals surface area contributed by atoms with E-state index in [1.165, 1.54) is 0 Å². The van der Waals surface area contributed by atoms with Crippen LogP contribution in [0.5, 0.6) is 5.75 Å². The molecule has 2 N–H and O–H groups in total. The molecular weight excluding hydrogens is 258 g/mol. The summed E-state index contributed by atoms with van der Waals surface area (Å²) in [6.07, 6.45) is 0.777. The number of aliphatic hydroxyl groups is 1. The minimum atomic E-state index is 0.227. The summed E-state index contributed by atoms with van der Waals surface area (Å²) in [5.41, 5.74) is 1.12. The number of rotatable bonds is 6. The van der Waals surface area contributed by atoms with Crippen molar-refractivity contribution < 1.29 is 9.84 Å². The van der Waals surface area contributed by atoms with Crippen molar-refractivity contribution in [2.24, 2.45) is 0 Å². The molecule has 0 aliphatic heterocycles. The van der Waals surface area contributed by atoms with E-state index >= 15 is 0 Å². The molecule has 15 heavy (non-hydrogen) atoms. The van der Waals surface area contributed by atoms with Gasteiger partial charge < -0.3 is 15.2 Å². The molecule has 1 aromatic carbocycles. The van der Waals surface area contributed by atoms with Crippen molar-refractivity contribution >= 4 is 15.9 Å². The van der Waals surface area contributed by atoms with E-state index in [2.05, 4.69) is 21.2 Å². The number of methoxy groups -OCH3 is 1. The van der Waals surface area contributed by atoms with E-state index < -0.39 is 0 Å². The number of halogens is 1. The third kappa shape index (κ3) is 4.20. The molecule has 0 aromatic heterocycles. The van der Waals surface area contributed by atoms with E-state index in [4.69, 9.17) is 9.84 Å². The average Bonchev–Trinajstić information content (AvgIpc) is 2.26. The SMILES string of the molecule is COc1cc(Br)ccc1CNCCCO. The molecule has 84 valence electrons. The van der Waals surface area contributed by atoms with Crippen molar-refractivity contribution in [1.82, 2.24) is 5.32 Å². The summed E-state index contributed by atoms with van der Waals surface area (Å²) in [5.74, 6) is 0.876. The molecule has 0 radical (unpaired) electrons. The highest BCUT2D eigenvalue weighted by atomic mass is 79.9. The Hall–Kier alpha value is -0.580. The summed E-state index contributed by atoms with van der Waals surface area (Å²) in [7, 11) is 1.67. The van der Waals surface area contributed by atoms with Crippen LogP contribution in [0.15, 0.2) is 22.7 Å². The summed E-state index contributed by atoms with van der Waals surface area (Å²) in [4.78, 5) is 0. The van der Waals surface area contributed by atoms with Gasteiger partial charge in [0, 0.05) is 23.2 Å². The number of aliphatic hydroxyl groups excluding tert-OH is 1. The first kappa shape index (κ1) is 12.5. The average molecular weight is 274 g/mol. The van der Waals surface area contributed by atoms with Gasteiger partial charge in [0.25, 0.3) is 0 Å². The maximum Gasteiger partial charge on any atom is 0.124 e. The summed E-state index contributed by atoms with van der Waals surface area (Å²) in [5, 5.41) is 11.9. The van der Waals surface area contributed by atoms with Crippen LogP contribution in [0.4, 0.5) is 0 Å². The minimum absolute atomic E-state index is 0.227. The standard InChI is InChI=1S/C11H16BrNO2/c1-15-11-7-10(12)4-3-9(11)8-13-5-2-6-14/h3-4,7,13-14H,2,5-6,8H2,1H3. The van der Waals surface area contributed by atoms with Crippen LogP contribution in [0.3, 0.4) is 0 Å². The van der Waals surface area contributed by atoms with Gasteiger partial charge >= 0.3 is 0 Å². The van der Waals surface area contributed by atoms with Crippen LogP contribution < -0.4 is 10.1 Å². The van der Waals surface area contributed by atoms with Gasteiger partial charge in [-0.15, -0.1) is 0 Å². The van der Waals surface area contributed by atoms with E-state index in [1.807, 2.05) is 18.2 Å². The van der Waals surface area contributed by atoms with Gasteiger partial charge in [0.2, 0.25) is 0 Å². The van der Waals surface area contributed by atoms with Crippen LogP contribution in [-0.4, -0.2) is 25.4 Å². The fourth-order valence-electron chi connectivity index (χ4n) is 1.29. The van der Waals surface area contributed by atoms with Crippen molar-refractivity contribution in [3.8, 4) is 5.75 Å².